The fraction of sp³-hybridized carbons (Fsp3) is 0.647. The van der Waals surface area contributed by atoms with Gasteiger partial charge in [0.15, 0.2) is 0 Å². The molecular weight excluding hydrogens is 248 g/mol. The van der Waals surface area contributed by atoms with E-state index in [1.165, 1.54) is 5.56 Å². The second-order valence-electron chi connectivity index (χ2n) is 6.05. The van der Waals surface area contributed by atoms with Crippen LogP contribution in [0.1, 0.15) is 32.8 Å². The fourth-order valence-corrected chi connectivity index (χ4v) is 2.48. The van der Waals surface area contributed by atoms with Crippen LogP contribution in [0.15, 0.2) is 30.3 Å². The van der Waals surface area contributed by atoms with Gasteiger partial charge in [-0.15, -0.1) is 0 Å². The lowest BCUT2D eigenvalue weighted by molar-refractivity contribution is 0.135. The van der Waals surface area contributed by atoms with Crippen molar-refractivity contribution in [3.63, 3.8) is 0 Å². The Morgan fingerprint density at radius 1 is 1.30 bits per heavy atom. The normalized spacial score (nSPS) is 16.1. The van der Waals surface area contributed by atoms with E-state index in [1.807, 2.05) is 0 Å². The highest BCUT2D eigenvalue weighted by Crippen LogP contribution is 2.24. The SMILES string of the molecule is CCCNCC(C)(CN(C)C(C)CO)c1ccccc1. The Hall–Kier alpha value is -0.900. The van der Waals surface area contributed by atoms with Crippen LogP contribution in [0.5, 0.6) is 0 Å². The molecule has 3 nitrogen and oxygen atoms in total. The Morgan fingerprint density at radius 3 is 2.50 bits per heavy atom. The molecule has 0 saturated carbocycles. The lowest BCUT2D eigenvalue weighted by Gasteiger charge is -2.37. The molecule has 2 atom stereocenters. The van der Waals surface area contributed by atoms with Crippen molar-refractivity contribution in [2.45, 2.75) is 38.6 Å². The molecule has 20 heavy (non-hydrogen) atoms. The van der Waals surface area contributed by atoms with E-state index in [0.29, 0.717) is 0 Å². The highest BCUT2D eigenvalue weighted by atomic mass is 16.3. The Bertz CT molecular complexity index is 369. The first-order chi connectivity index (χ1) is 9.53. The zero-order valence-corrected chi connectivity index (χ0v) is 13.4. The summed E-state index contributed by atoms with van der Waals surface area (Å²) in [5, 5.41) is 12.9. The van der Waals surface area contributed by atoms with Gasteiger partial charge >= 0.3 is 0 Å². The van der Waals surface area contributed by atoms with Crippen LogP contribution < -0.4 is 5.32 Å². The van der Waals surface area contributed by atoms with Crippen molar-refractivity contribution in [3.8, 4) is 0 Å². The highest BCUT2D eigenvalue weighted by molar-refractivity contribution is 5.25. The van der Waals surface area contributed by atoms with Gasteiger partial charge in [0.1, 0.15) is 0 Å². The molecule has 0 spiro atoms. The maximum atomic E-state index is 9.33. The van der Waals surface area contributed by atoms with E-state index in [2.05, 4.69) is 68.4 Å². The van der Waals surface area contributed by atoms with Gasteiger partial charge in [0.2, 0.25) is 0 Å². The van der Waals surface area contributed by atoms with Gasteiger partial charge in [0, 0.05) is 24.5 Å². The van der Waals surface area contributed by atoms with Crippen molar-refractivity contribution < 1.29 is 5.11 Å². The lowest BCUT2D eigenvalue weighted by Crippen LogP contribution is -2.47. The third-order valence-corrected chi connectivity index (χ3v) is 4.03. The predicted octanol–water partition coefficient (Wildman–Crippen LogP) is 2.26. The maximum Gasteiger partial charge on any atom is 0.0584 e. The molecule has 0 fully saturated rings. The molecular formula is C17H30N2O. The Labute approximate surface area is 124 Å². The minimum atomic E-state index is 0.0502. The van der Waals surface area contributed by atoms with Crippen LogP contribution in [0.3, 0.4) is 0 Å². The van der Waals surface area contributed by atoms with E-state index in [9.17, 15) is 5.11 Å². The molecule has 3 heteroatoms. The van der Waals surface area contributed by atoms with Crippen molar-refractivity contribution in [1.29, 1.82) is 0 Å². The topological polar surface area (TPSA) is 35.5 Å². The van der Waals surface area contributed by atoms with Crippen LogP contribution in [0.2, 0.25) is 0 Å². The van der Waals surface area contributed by atoms with Gasteiger partial charge in [-0.05, 0) is 32.5 Å². The molecule has 0 aliphatic carbocycles. The largest absolute Gasteiger partial charge is 0.395 e. The van der Waals surface area contributed by atoms with Crippen molar-refractivity contribution in [2.24, 2.45) is 0 Å². The van der Waals surface area contributed by atoms with Crippen LogP contribution in [-0.2, 0) is 5.41 Å². The van der Waals surface area contributed by atoms with Crippen LogP contribution in [0, 0.1) is 0 Å². The van der Waals surface area contributed by atoms with Crippen molar-refractivity contribution in [2.75, 3.05) is 33.3 Å². The van der Waals surface area contributed by atoms with E-state index in [1.54, 1.807) is 0 Å². The lowest BCUT2D eigenvalue weighted by atomic mass is 9.81. The molecule has 0 radical (unpaired) electrons. The molecule has 2 unspecified atom stereocenters. The Balaban J connectivity index is 2.84. The summed E-state index contributed by atoms with van der Waals surface area (Å²) in [7, 11) is 2.09. The number of aliphatic hydroxyl groups is 1. The number of rotatable bonds is 9. The van der Waals surface area contributed by atoms with E-state index in [0.717, 1.165) is 26.1 Å². The van der Waals surface area contributed by atoms with Crippen LogP contribution >= 0.6 is 0 Å². The first kappa shape index (κ1) is 17.2. The van der Waals surface area contributed by atoms with E-state index >= 15 is 0 Å². The minimum Gasteiger partial charge on any atom is -0.395 e. The van der Waals surface area contributed by atoms with Gasteiger partial charge in [-0.2, -0.15) is 0 Å². The van der Waals surface area contributed by atoms with Crippen molar-refractivity contribution >= 4 is 0 Å². The van der Waals surface area contributed by atoms with Gasteiger partial charge in [0.25, 0.3) is 0 Å². The summed E-state index contributed by atoms with van der Waals surface area (Å²) in [6.45, 7) is 9.66. The van der Waals surface area contributed by atoms with Gasteiger partial charge < -0.3 is 15.3 Å². The summed E-state index contributed by atoms with van der Waals surface area (Å²) < 4.78 is 0. The molecule has 1 rings (SSSR count). The third kappa shape index (κ3) is 4.89. The summed E-state index contributed by atoms with van der Waals surface area (Å²) in [5.74, 6) is 0. The highest BCUT2D eigenvalue weighted by Gasteiger charge is 2.29. The fourth-order valence-electron chi connectivity index (χ4n) is 2.48. The number of hydrogen-bond donors (Lipinski definition) is 2. The standard InChI is InChI=1S/C17H30N2O/c1-5-11-18-13-17(3,14-19(4)15(2)12-20)16-9-7-6-8-10-16/h6-10,15,18,20H,5,11-14H2,1-4H3. The van der Waals surface area contributed by atoms with Gasteiger partial charge in [-0.3, -0.25) is 0 Å². The smallest absolute Gasteiger partial charge is 0.0584 e. The molecule has 1 aromatic carbocycles. The molecule has 114 valence electrons. The summed E-state index contributed by atoms with van der Waals surface area (Å²) in [4.78, 5) is 2.24. The molecule has 0 bridgehead atoms. The average molecular weight is 278 g/mol. The van der Waals surface area contributed by atoms with E-state index in [-0.39, 0.29) is 18.1 Å². The third-order valence-electron chi connectivity index (χ3n) is 4.03. The van der Waals surface area contributed by atoms with Crippen molar-refractivity contribution in [1.82, 2.24) is 10.2 Å². The van der Waals surface area contributed by atoms with Crippen molar-refractivity contribution in [3.05, 3.63) is 35.9 Å². The molecule has 0 aliphatic heterocycles. The number of benzene rings is 1. The molecule has 1 aromatic rings. The van der Waals surface area contributed by atoms with Crippen LogP contribution in [-0.4, -0.2) is 49.3 Å². The van der Waals surface area contributed by atoms with Gasteiger partial charge in [0.05, 0.1) is 6.61 Å². The zero-order chi connectivity index (χ0) is 15.0. The Morgan fingerprint density at radius 2 is 1.95 bits per heavy atom. The quantitative estimate of drug-likeness (QED) is 0.680. The molecule has 0 amide bonds. The number of hydrogen-bond acceptors (Lipinski definition) is 3. The summed E-state index contributed by atoms with van der Waals surface area (Å²) >= 11 is 0. The summed E-state index contributed by atoms with van der Waals surface area (Å²) in [6.07, 6.45) is 1.15. The molecule has 0 aliphatic rings. The second-order valence-corrected chi connectivity index (χ2v) is 6.05. The summed E-state index contributed by atoms with van der Waals surface area (Å²) in [6, 6.07) is 10.8. The van der Waals surface area contributed by atoms with Gasteiger partial charge in [-0.1, -0.05) is 44.2 Å². The van der Waals surface area contributed by atoms with Gasteiger partial charge in [-0.25, -0.2) is 0 Å². The predicted molar refractivity (Wildman–Crippen MR) is 86.1 cm³/mol. The first-order valence-corrected chi connectivity index (χ1v) is 7.61. The van der Waals surface area contributed by atoms with Crippen LogP contribution in [0.25, 0.3) is 0 Å². The number of nitrogens with zero attached hydrogens (tertiary/aromatic N) is 1. The number of aliphatic hydroxyl groups excluding tert-OH is 1. The molecule has 0 aromatic heterocycles. The maximum absolute atomic E-state index is 9.33. The summed E-state index contributed by atoms with van der Waals surface area (Å²) in [5.41, 5.74) is 1.40. The van der Waals surface area contributed by atoms with Crippen LogP contribution in [0.4, 0.5) is 0 Å². The molecule has 0 saturated heterocycles. The molecule has 0 heterocycles. The monoisotopic (exact) mass is 278 g/mol. The van der Waals surface area contributed by atoms with E-state index in [4.69, 9.17) is 0 Å². The minimum absolute atomic E-state index is 0.0502. The zero-order valence-electron chi connectivity index (χ0n) is 13.4. The van der Waals surface area contributed by atoms with E-state index < -0.39 is 0 Å². The second kappa shape index (κ2) is 8.40. The average Bonchev–Trinajstić information content (AvgIpc) is 2.47. The number of nitrogens with one attached hydrogen (secondary N) is 1. The number of likely N-dealkylation sites (N-methyl/N-ethyl adjacent to an activating group) is 1. The molecule has 2 N–H and O–H groups in total. The Kier molecular flexibility index (Phi) is 7.20. The first-order valence-electron chi connectivity index (χ1n) is 7.61.